The molecule has 0 saturated carbocycles. The summed E-state index contributed by atoms with van der Waals surface area (Å²) in [7, 11) is 1.31. The molecule has 1 aromatic carbocycles. The van der Waals surface area contributed by atoms with Crippen molar-refractivity contribution in [1.82, 2.24) is 0 Å². The molecule has 0 aliphatic carbocycles. The van der Waals surface area contributed by atoms with Crippen molar-refractivity contribution >= 4 is 0 Å². The van der Waals surface area contributed by atoms with E-state index in [-0.39, 0.29) is 13.0 Å². The zero-order chi connectivity index (χ0) is 16.2. The molecule has 1 saturated heterocycles. The molecule has 0 spiro atoms. The normalized spacial score (nSPS) is 34.9. The Morgan fingerprint density at radius 1 is 1.32 bits per heavy atom. The predicted molar refractivity (Wildman–Crippen MR) is 76.8 cm³/mol. The van der Waals surface area contributed by atoms with Gasteiger partial charge in [0.15, 0.2) is 5.79 Å². The molecule has 3 N–H and O–H groups in total. The molecule has 8 nitrogen and oxygen atoms in total. The van der Waals surface area contributed by atoms with E-state index in [9.17, 15) is 15.3 Å². The second kappa shape index (κ2) is 7.06. The molecule has 0 bridgehead atoms. The van der Waals surface area contributed by atoms with Crippen molar-refractivity contribution in [2.75, 3.05) is 13.7 Å². The van der Waals surface area contributed by atoms with Crippen LogP contribution in [0.1, 0.15) is 5.56 Å². The van der Waals surface area contributed by atoms with Gasteiger partial charge in [-0.2, -0.15) is 0 Å². The zero-order valence-corrected chi connectivity index (χ0v) is 12.1. The number of rotatable bonds is 5. The van der Waals surface area contributed by atoms with Crippen LogP contribution in [0.4, 0.5) is 0 Å². The Hall–Kier alpha value is -1.67. The van der Waals surface area contributed by atoms with E-state index >= 15 is 0 Å². The van der Waals surface area contributed by atoms with E-state index in [4.69, 9.17) is 15.0 Å². The van der Waals surface area contributed by atoms with Crippen LogP contribution in [-0.2, 0) is 15.9 Å². The van der Waals surface area contributed by atoms with E-state index < -0.39 is 30.2 Å². The minimum atomic E-state index is -1.84. The third kappa shape index (κ3) is 3.38. The molecule has 1 aliphatic heterocycles. The van der Waals surface area contributed by atoms with Gasteiger partial charge in [-0.3, -0.25) is 0 Å². The molecular formula is C14H19N3O5. The first-order chi connectivity index (χ1) is 10.5. The van der Waals surface area contributed by atoms with Crippen LogP contribution in [0.2, 0.25) is 0 Å². The van der Waals surface area contributed by atoms with Gasteiger partial charge in [0.2, 0.25) is 0 Å². The van der Waals surface area contributed by atoms with Crippen molar-refractivity contribution < 1.29 is 24.8 Å². The second-order valence-electron chi connectivity index (χ2n) is 5.21. The average molecular weight is 309 g/mol. The van der Waals surface area contributed by atoms with Crippen molar-refractivity contribution in [2.45, 2.75) is 36.6 Å². The molecule has 0 amide bonds. The summed E-state index contributed by atoms with van der Waals surface area (Å²) >= 11 is 0. The van der Waals surface area contributed by atoms with E-state index in [1.807, 2.05) is 18.2 Å². The second-order valence-corrected chi connectivity index (χ2v) is 5.21. The van der Waals surface area contributed by atoms with Crippen LogP contribution in [0.25, 0.3) is 10.4 Å². The first kappa shape index (κ1) is 16.7. The van der Waals surface area contributed by atoms with Gasteiger partial charge in [-0.25, -0.2) is 0 Å². The predicted octanol–water partition coefficient (Wildman–Crippen LogP) is 0.364. The molecule has 1 unspecified atom stereocenters. The molecule has 2 rings (SSSR count). The van der Waals surface area contributed by atoms with E-state index in [0.717, 1.165) is 5.56 Å². The molecule has 120 valence electrons. The Labute approximate surface area is 127 Å². The average Bonchev–Trinajstić information content (AvgIpc) is 2.51. The van der Waals surface area contributed by atoms with Gasteiger partial charge in [0, 0.05) is 18.4 Å². The lowest BCUT2D eigenvalue weighted by atomic mass is 9.88. The molecule has 8 heteroatoms. The smallest absolute Gasteiger partial charge is 0.199 e. The maximum absolute atomic E-state index is 10.8. The third-order valence-electron chi connectivity index (χ3n) is 3.72. The van der Waals surface area contributed by atoms with E-state index in [1.54, 1.807) is 12.1 Å². The Morgan fingerprint density at radius 2 is 2.00 bits per heavy atom. The largest absolute Gasteiger partial charge is 0.388 e. The highest BCUT2D eigenvalue weighted by Gasteiger charge is 2.53. The maximum atomic E-state index is 10.8. The SMILES string of the molecule is CO[C@@H]1[C@@H](O)[C@@H](O)[C@@H](CN=[N+]=[N-])OC1(O)Cc1ccccc1. The summed E-state index contributed by atoms with van der Waals surface area (Å²) in [6.07, 6.45) is -4.79. The Kier molecular flexibility index (Phi) is 5.36. The summed E-state index contributed by atoms with van der Waals surface area (Å²) in [4.78, 5) is 2.60. The molecule has 1 aliphatic rings. The summed E-state index contributed by atoms with van der Waals surface area (Å²) in [6.45, 7) is -0.206. The molecule has 0 aromatic heterocycles. The van der Waals surface area contributed by atoms with Gasteiger partial charge in [0.05, 0.1) is 12.6 Å². The standard InChI is InChI=1S/C14H19N3O5/c1-21-13-12(19)11(18)10(8-16-17-15)22-14(13,20)7-9-5-3-2-4-6-9/h2-6,10-13,18-20H,7-8H2,1H3/t10-,11+,12+,13-,14?/m1/s1. The molecular weight excluding hydrogens is 290 g/mol. The Morgan fingerprint density at radius 3 is 2.59 bits per heavy atom. The summed E-state index contributed by atoms with van der Waals surface area (Å²) < 4.78 is 10.6. The number of ether oxygens (including phenoxy) is 2. The summed E-state index contributed by atoms with van der Waals surface area (Å²) in [5, 5.41) is 34.3. The van der Waals surface area contributed by atoms with Gasteiger partial charge in [0.1, 0.15) is 18.3 Å². The number of aliphatic hydroxyl groups excluding tert-OH is 2. The molecule has 5 atom stereocenters. The Bertz CT molecular complexity index is 537. The number of azide groups is 1. The van der Waals surface area contributed by atoms with Crippen molar-refractivity contribution in [3.8, 4) is 0 Å². The molecule has 1 heterocycles. The van der Waals surface area contributed by atoms with Crippen molar-refractivity contribution in [3.63, 3.8) is 0 Å². The Balaban J connectivity index is 2.26. The van der Waals surface area contributed by atoms with Gasteiger partial charge in [-0.15, -0.1) is 0 Å². The van der Waals surface area contributed by atoms with Crippen LogP contribution in [0, 0.1) is 0 Å². The number of methoxy groups -OCH3 is 1. The molecule has 1 aromatic rings. The first-order valence-corrected chi connectivity index (χ1v) is 6.85. The van der Waals surface area contributed by atoms with Crippen LogP contribution in [-0.4, -0.2) is 59.2 Å². The van der Waals surface area contributed by atoms with Gasteiger partial charge < -0.3 is 24.8 Å². The summed E-state index contributed by atoms with van der Waals surface area (Å²) in [6, 6.07) is 9.06. The highest BCUT2D eigenvalue weighted by molar-refractivity contribution is 5.18. The fourth-order valence-electron chi connectivity index (χ4n) is 2.68. The molecule has 22 heavy (non-hydrogen) atoms. The number of benzene rings is 1. The lowest BCUT2D eigenvalue weighted by Gasteiger charge is -2.47. The fourth-order valence-corrected chi connectivity index (χ4v) is 2.68. The zero-order valence-electron chi connectivity index (χ0n) is 12.1. The van der Waals surface area contributed by atoms with E-state index in [2.05, 4.69) is 10.0 Å². The quantitative estimate of drug-likeness (QED) is 0.411. The number of nitrogens with zero attached hydrogens (tertiary/aromatic N) is 3. The highest BCUT2D eigenvalue weighted by Crippen LogP contribution is 2.33. The summed E-state index contributed by atoms with van der Waals surface area (Å²) in [5.41, 5.74) is 9.16. The minimum absolute atomic E-state index is 0.0584. The van der Waals surface area contributed by atoms with Crippen LogP contribution in [0.5, 0.6) is 0 Å². The van der Waals surface area contributed by atoms with Crippen molar-refractivity contribution in [1.29, 1.82) is 0 Å². The van der Waals surface area contributed by atoms with Crippen LogP contribution >= 0.6 is 0 Å². The first-order valence-electron chi connectivity index (χ1n) is 6.85. The molecule has 0 radical (unpaired) electrons. The van der Waals surface area contributed by atoms with Crippen LogP contribution in [0.15, 0.2) is 35.4 Å². The van der Waals surface area contributed by atoms with E-state index in [0.29, 0.717) is 0 Å². The molecule has 1 fully saturated rings. The van der Waals surface area contributed by atoms with E-state index in [1.165, 1.54) is 7.11 Å². The minimum Gasteiger partial charge on any atom is -0.388 e. The lowest BCUT2D eigenvalue weighted by Crippen LogP contribution is -2.66. The summed E-state index contributed by atoms with van der Waals surface area (Å²) in [5.74, 6) is -1.84. The van der Waals surface area contributed by atoms with Crippen molar-refractivity contribution in [3.05, 3.63) is 46.3 Å². The van der Waals surface area contributed by atoms with Crippen molar-refractivity contribution in [2.24, 2.45) is 5.11 Å². The van der Waals surface area contributed by atoms with Crippen LogP contribution < -0.4 is 0 Å². The monoisotopic (exact) mass is 309 g/mol. The number of hydrogen-bond acceptors (Lipinski definition) is 6. The number of aliphatic hydroxyl groups is 3. The maximum Gasteiger partial charge on any atom is 0.199 e. The third-order valence-corrected chi connectivity index (χ3v) is 3.72. The van der Waals surface area contributed by atoms with Gasteiger partial charge in [0.25, 0.3) is 0 Å². The van der Waals surface area contributed by atoms with Gasteiger partial charge in [-0.05, 0) is 11.1 Å². The lowest BCUT2D eigenvalue weighted by molar-refractivity contribution is -0.347. The van der Waals surface area contributed by atoms with Gasteiger partial charge >= 0.3 is 0 Å². The fraction of sp³-hybridized carbons (Fsp3) is 0.571. The van der Waals surface area contributed by atoms with Crippen LogP contribution in [0.3, 0.4) is 0 Å². The highest BCUT2D eigenvalue weighted by atomic mass is 16.7. The number of hydrogen-bond donors (Lipinski definition) is 3. The topological polar surface area (TPSA) is 128 Å². The van der Waals surface area contributed by atoms with Gasteiger partial charge in [-0.1, -0.05) is 35.4 Å².